The average Bonchev–Trinajstić information content (AvgIpc) is 2.76. The third-order valence-corrected chi connectivity index (χ3v) is 4.01. The summed E-state index contributed by atoms with van der Waals surface area (Å²) < 4.78 is 0. The highest BCUT2D eigenvalue weighted by atomic mass is 32.2. The minimum atomic E-state index is 1.03. The first-order valence-electron chi connectivity index (χ1n) is 6.04. The standard InChI is InChI=1S/C12H22N2S2/c1-3-11-10-16-12(14-11)13-8-6-4-5-7-9-15-2/h10H,3-9H2,1-2H3,(H,13,14). The molecule has 2 nitrogen and oxygen atoms in total. The van der Waals surface area contributed by atoms with E-state index in [1.165, 1.54) is 37.1 Å². The van der Waals surface area contributed by atoms with Crippen LogP contribution < -0.4 is 5.32 Å². The Bertz CT molecular complexity index is 274. The van der Waals surface area contributed by atoms with Gasteiger partial charge in [-0.2, -0.15) is 11.8 Å². The Morgan fingerprint density at radius 3 is 2.81 bits per heavy atom. The van der Waals surface area contributed by atoms with E-state index in [-0.39, 0.29) is 0 Å². The maximum atomic E-state index is 4.48. The first-order chi connectivity index (χ1) is 7.86. The fourth-order valence-electron chi connectivity index (χ4n) is 1.47. The normalized spacial score (nSPS) is 10.6. The third-order valence-electron chi connectivity index (χ3n) is 2.47. The van der Waals surface area contributed by atoms with Crippen molar-refractivity contribution in [1.29, 1.82) is 0 Å². The number of hydrogen-bond donors (Lipinski definition) is 1. The molecule has 0 saturated carbocycles. The van der Waals surface area contributed by atoms with Crippen LogP contribution in [-0.4, -0.2) is 23.5 Å². The van der Waals surface area contributed by atoms with Gasteiger partial charge in [-0.1, -0.05) is 19.8 Å². The molecule has 0 aromatic carbocycles. The Morgan fingerprint density at radius 1 is 1.31 bits per heavy atom. The number of anilines is 1. The first kappa shape index (κ1) is 13.8. The first-order valence-corrected chi connectivity index (χ1v) is 8.31. The van der Waals surface area contributed by atoms with Crippen molar-refractivity contribution in [1.82, 2.24) is 4.98 Å². The minimum Gasteiger partial charge on any atom is -0.362 e. The third kappa shape index (κ3) is 5.75. The lowest BCUT2D eigenvalue weighted by atomic mass is 10.2. The largest absolute Gasteiger partial charge is 0.362 e. The van der Waals surface area contributed by atoms with Crippen molar-refractivity contribution in [2.45, 2.75) is 39.0 Å². The zero-order chi connectivity index (χ0) is 11.6. The van der Waals surface area contributed by atoms with Gasteiger partial charge in [0.05, 0.1) is 5.69 Å². The van der Waals surface area contributed by atoms with Crippen molar-refractivity contribution in [2.75, 3.05) is 23.9 Å². The molecule has 16 heavy (non-hydrogen) atoms. The molecule has 0 aliphatic rings. The molecule has 1 aromatic rings. The summed E-state index contributed by atoms with van der Waals surface area (Å²) in [6.45, 7) is 3.21. The smallest absolute Gasteiger partial charge is 0.182 e. The van der Waals surface area contributed by atoms with E-state index in [0.29, 0.717) is 0 Å². The van der Waals surface area contributed by atoms with Crippen molar-refractivity contribution in [3.63, 3.8) is 0 Å². The van der Waals surface area contributed by atoms with Gasteiger partial charge in [-0.3, -0.25) is 0 Å². The van der Waals surface area contributed by atoms with E-state index in [1.807, 2.05) is 11.8 Å². The molecule has 1 N–H and O–H groups in total. The lowest BCUT2D eigenvalue weighted by Gasteiger charge is -2.02. The van der Waals surface area contributed by atoms with Crippen LogP contribution in [0.15, 0.2) is 5.38 Å². The molecule has 0 unspecified atom stereocenters. The van der Waals surface area contributed by atoms with Crippen LogP contribution in [0.25, 0.3) is 0 Å². The van der Waals surface area contributed by atoms with Gasteiger partial charge in [-0.15, -0.1) is 11.3 Å². The second kappa shape index (κ2) is 8.88. The van der Waals surface area contributed by atoms with Gasteiger partial charge >= 0.3 is 0 Å². The zero-order valence-electron chi connectivity index (χ0n) is 10.3. The molecule has 0 atom stereocenters. The molecule has 0 saturated heterocycles. The number of hydrogen-bond acceptors (Lipinski definition) is 4. The Balaban J connectivity index is 1.98. The number of unbranched alkanes of at least 4 members (excludes halogenated alkanes) is 3. The summed E-state index contributed by atoms with van der Waals surface area (Å²) in [7, 11) is 0. The van der Waals surface area contributed by atoms with E-state index in [1.54, 1.807) is 11.3 Å². The molecule has 0 aliphatic carbocycles. The molecule has 0 aliphatic heterocycles. The van der Waals surface area contributed by atoms with E-state index >= 15 is 0 Å². The molecule has 0 bridgehead atoms. The fourth-order valence-corrected chi connectivity index (χ4v) is 2.79. The summed E-state index contributed by atoms with van der Waals surface area (Å²) in [6, 6.07) is 0. The second-order valence-corrected chi connectivity index (χ2v) is 5.68. The molecule has 1 heterocycles. The number of rotatable bonds is 9. The molecule has 0 fully saturated rings. The van der Waals surface area contributed by atoms with E-state index in [9.17, 15) is 0 Å². The Kier molecular flexibility index (Phi) is 7.68. The number of nitrogens with one attached hydrogen (secondary N) is 1. The van der Waals surface area contributed by atoms with E-state index < -0.39 is 0 Å². The molecular weight excluding hydrogens is 236 g/mol. The monoisotopic (exact) mass is 258 g/mol. The number of aryl methyl sites for hydroxylation is 1. The van der Waals surface area contributed by atoms with Crippen molar-refractivity contribution in [2.24, 2.45) is 0 Å². The maximum absolute atomic E-state index is 4.48. The molecular formula is C12H22N2S2. The van der Waals surface area contributed by atoms with Crippen LogP contribution in [0.5, 0.6) is 0 Å². The Labute approximate surface area is 107 Å². The lowest BCUT2D eigenvalue weighted by molar-refractivity contribution is 0.689. The van der Waals surface area contributed by atoms with E-state index in [0.717, 1.165) is 18.1 Å². The number of thioether (sulfide) groups is 1. The number of aromatic nitrogens is 1. The van der Waals surface area contributed by atoms with Crippen LogP contribution in [0.2, 0.25) is 0 Å². The molecule has 92 valence electrons. The summed E-state index contributed by atoms with van der Waals surface area (Å²) in [4.78, 5) is 4.48. The van der Waals surface area contributed by atoms with Crippen LogP contribution in [0.1, 0.15) is 38.3 Å². The topological polar surface area (TPSA) is 24.9 Å². The predicted octanol–water partition coefficient (Wildman–Crippen LogP) is 4.04. The quantitative estimate of drug-likeness (QED) is 0.677. The average molecular weight is 258 g/mol. The van der Waals surface area contributed by atoms with Gasteiger partial charge in [-0.25, -0.2) is 4.98 Å². The maximum Gasteiger partial charge on any atom is 0.182 e. The summed E-state index contributed by atoms with van der Waals surface area (Å²) in [6.07, 6.45) is 8.52. The number of nitrogens with zero attached hydrogens (tertiary/aromatic N) is 1. The summed E-state index contributed by atoms with van der Waals surface area (Å²) in [5.41, 5.74) is 1.20. The minimum absolute atomic E-state index is 1.03. The van der Waals surface area contributed by atoms with Crippen molar-refractivity contribution in [3.05, 3.63) is 11.1 Å². The van der Waals surface area contributed by atoms with E-state index in [2.05, 4.69) is 28.9 Å². The van der Waals surface area contributed by atoms with Gasteiger partial charge in [0.15, 0.2) is 5.13 Å². The molecule has 0 spiro atoms. The highest BCUT2D eigenvalue weighted by Gasteiger charge is 1.98. The fraction of sp³-hybridized carbons (Fsp3) is 0.750. The molecule has 0 radical (unpaired) electrons. The van der Waals surface area contributed by atoms with Gasteiger partial charge in [-0.05, 0) is 31.3 Å². The van der Waals surface area contributed by atoms with Crippen LogP contribution >= 0.6 is 23.1 Å². The Hall–Kier alpha value is -0.220. The van der Waals surface area contributed by atoms with Gasteiger partial charge in [0.2, 0.25) is 0 Å². The summed E-state index contributed by atoms with van der Waals surface area (Å²) in [5.74, 6) is 1.31. The van der Waals surface area contributed by atoms with Gasteiger partial charge in [0.1, 0.15) is 0 Å². The van der Waals surface area contributed by atoms with E-state index in [4.69, 9.17) is 0 Å². The summed E-state index contributed by atoms with van der Waals surface area (Å²) in [5, 5.41) is 6.62. The van der Waals surface area contributed by atoms with Crippen molar-refractivity contribution < 1.29 is 0 Å². The van der Waals surface area contributed by atoms with Crippen molar-refractivity contribution >= 4 is 28.2 Å². The molecule has 4 heteroatoms. The highest BCUT2D eigenvalue weighted by Crippen LogP contribution is 2.15. The zero-order valence-corrected chi connectivity index (χ0v) is 11.9. The van der Waals surface area contributed by atoms with Crippen molar-refractivity contribution in [3.8, 4) is 0 Å². The van der Waals surface area contributed by atoms with Crippen LogP contribution in [0.3, 0.4) is 0 Å². The Morgan fingerprint density at radius 2 is 2.12 bits per heavy atom. The highest BCUT2D eigenvalue weighted by molar-refractivity contribution is 7.98. The van der Waals surface area contributed by atoms with Crippen LogP contribution in [0.4, 0.5) is 5.13 Å². The lowest BCUT2D eigenvalue weighted by Crippen LogP contribution is -2.01. The second-order valence-electron chi connectivity index (χ2n) is 3.83. The molecule has 1 aromatic heterocycles. The SMILES string of the molecule is CCc1csc(NCCCCCCSC)n1. The van der Waals surface area contributed by atoms with Gasteiger partial charge in [0, 0.05) is 11.9 Å². The number of thiazole rings is 1. The molecule has 1 rings (SSSR count). The van der Waals surface area contributed by atoms with Gasteiger partial charge in [0.25, 0.3) is 0 Å². The molecule has 0 amide bonds. The van der Waals surface area contributed by atoms with Crippen LogP contribution in [-0.2, 0) is 6.42 Å². The van der Waals surface area contributed by atoms with Gasteiger partial charge < -0.3 is 5.32 Å². The predicted molar refractivity (Wildman–Crippen MR) is 76.8 cm³/mol. The van der Waals surface area contributed by atoms with Crippen LogP contribution in [0, 0.1) is 0 Å². The summed E-state index contributed by atoms with van der Waals surface area (Å²) >= 11 is 3.66.